The third kappa shape index (κ3) is 3.34. The number of halogens is 1. The SMILES string of the molecule is CCCc1nnsc1C(N)Cc1ccc(Br)s1. The molecule has 0 aliphatic heterocycles. The normalized spacial score (nSPS) is 12.9. The molecule has 2 aromatic rings. The van der Waals surface area contributed by atoms with Crippen molar-refractivity contribution in [1.29, 1.82) is 0 Å². The van der Waals surface area contributed by atoms with Gasteiger partial charge in [0.05, 0.1) is 14.4 Å². The summed E-state index contributed by atoms with van der Waals surface area (Å²) in [6.45, 7) is 2.14. The number of hydrogen-bond donors (Lipinski definition) is 1. The predicted molar refractivity (Wildman–Crippen MR) is 76.6 cm³/mol. The smallest absolute Gasteiger partial charge is 0.0803 e. The maximum atomic E-state index is 6.23. The Labute approximate surface area is 117 Å². The Kier molecular flexibility index (Phi) is 4.67. The first-order valence-electron chi connectivity index (χ1n) is 5.51. The van der Waals surface area contributed by atoms with Crippen LogP contribution in [0.1, 0.15) is 34.8 Å². The first kappa shape index (κ1) is 13.1. The van der Waals surface area contributed by atoms with E-state index in [2.05, 4.69) is 44.6 Å². The van der Waals surface area contributed by atoms with Crippen LogP contribution >= 0.6 is 38.8 Å². The van der Waals surface area contributed by atoms with Crippen LogP contribution in [0.15, 0.2) is 15.9 Å². The number of aromatic nitrogens is 2. The molecule has 0 aliphatic carbocycles. The van der Waals surface area contributed by atoms with Gasteiger partial charge in [0.25, 0.3) is 0 Å². The number of nitrogens with zero attached hydrogens (tertiary/aromatic N) is 2. The van der Waals surface area contributed by atoms with Crippen LogP contribution in [0.2, 0.25) is 0 Å². The molecule has 0 radical (unpaired) electrons. The van der Waals surface area contributed by atoms with E-state index in [0.717, 1.165) is 33.6 Å². The Bertz CT molecular complexity index is 481. The van der Waals surface area contributed by atoms with E-state index < -0.39 is 0 Å². The van der Waals surface area contributed by atoms with Crippen molar-refractivity contribution in [3.63, 3.8) is 0 Å². The van der Waals surface area contributed by atoms with Crippen LogP contribution in [0.5, 0.6) is 0 Å². The van der Waals surface area contributed by atoms with Gasteiger partial charge in [-0.15, -0.1) is 16.4 Å². The minimum absolute atomic E-state index is 0.0158. The van der Waals surface area contributed by atoms with Gasteiger partial charge in [-0.05, 0) is 46.0 Å². The van der Waals surface area contributed by atoms with Crippen molar-refractivity contribution in [3.8, 4) is 0 Å². The zero-order chi connectivity index (χ0) is 12.3. The van der Waals surface area contributed by atoms with Gasteiger partial charge in [0, 0.05) is 17.3 Å². The molecule has 0 amide bonds. The molecule has 0 aliphatic rings. The van der Waals surface area contributed by atoms with Gasteiger partial charge in [-0.2, -0.15) is 0 Å². The Hall–Kier alpha value is -0.300. The molecule has 1 atom stereocenters. The average molecular weight is 332 g/mol. The highest BCUT2D eigenvalue weighted by Gasteiger charge is 2.16. The lowest BCUT2D eigenvalue weighted by Gasteiger charge is -2.08. The van der Waals surface area contributed by atoms with Crippen molar-refractivity contribution in [1.82, 2.24) is 9.59 Å². The zero-order valence-corrected chi connectivity index (χ0v) is 12.7. The predicted octanol–water partition coefficient (Wildman–Crippen LogP) is 3.56. The highest BCUT2D eigenvalue weighted by atomic mass is 79.9. The molecule has 2 N–H and O–H groups in total. The van der Waals surface area contributed by atoms with Crippen molar-refractivity contribution in [3.05, 3.63) is 31.4 Å². The fourth-order valence-electron chi connectivity index (χ4n) is 1.68. The lowest BCUT2D eigenvalue weighted by atomic mass is 10.1. The van der Waals surface area contributed by atoms with E-state index in [1.807, 2.05) is 0 Å². The number of hydrogen-bond acceptors (Lipinski definition) is 5. The molecule has 17 heavy (non-hydrogen) atoms. The van der Waals surface area contributed by atoms with Crippen LogP contribution in [0, 0.1) is 0 Å². The maximum absolute atomic E-state index is 6.23. The summed E-state index contributed by atoms with van der Waals surface area (Å²) in [6, 6.07) is 4.19. The van der Waals surface area contributed by atoms with E-state index in [9.17, 15) is 0 Å². The highest BCUT2D eigenvalue weighted by molar-refractivity contribution is 9.11. The number of rotatable bonds is 5. The second kappa shape index (κ2) is 6.04. The van der Waals surface area contributed by atoms with E-state index in [-0.39, 0.29) is 6.04 Å². The van der Waals surface area contributed by atoms with E-state index in [0.29, 0.717) is 0 Å². The number of thiophene rings is 1. The summed E-state index contributed by atoms with van der Waals surface area (Å²) >= 11 is 6.63. The molecule has 0 aromatic carbocycles. The summed E-state index contributed by atoms with van der Waals surface area (Å²) in [5.41, 5.74) is 7.30. The van der Waals surface area contributed by atoms with Crippen LogP contribution in [0.25, 0.3) is 0 Å². The molecule has 3 nitrogen and oxygen atoms in total. The summed E-state index contributed by atoms with van der Waals surface area (Å²) in [5.74, 6) is 0. The van der Waals surface area contributed by atoms with E-state index in [4.69, 9.17) is 5.73 Å². The van der Waals surface area contributed by atoms with Crippen LogP contribution in [0.4, 0.5) is 0 Å². The van der Waals surface area contributed by atoms with Crippen molar-refractivity contribution in [2.24, 2.45) is 5.73 Å². The third-order valence-electron chi connectivity index (χ3n) is 2.46. The minimum Gasteiger partial charge on any atom is -0.323 e. The largest absolute Gasteiger partial charge is 0.323 e. The number of nitrogens with two attached hydrogens (primary N) is 1. The molecule has 2 rings (SSSR count). The summed E-state index contributed by atoms with van der Waals surface area (Å²) < 4.78 is 5.16. The van der Waals surface area contributed by atoms with Crippen LogP contribution in [0.3, 0.4) is 0 Å². The summed E-state index contributed by atoms with van der Waals surface area (Å²) in [4.78, 5) is 2.43. The fourth-order valence-corrected chi connectivity index (χ4v) is 3.91. The van der Waals surface area contributed by atoms with E-state index in [1.54, 1.807) is 11.3 Å². The lowest BCUT2D eigenvalue weighted by molar-refractivity contribution is 0.722. The molecular formula is C11H14BrN3S2. The first-order chi connectivity index (χ1) is 8.20. The number of aryl methyl sites for hydroxylation is 1. The van der Waals surface area contributed by atoms with Crippen molar-refractivity contribution in [2.45, 2.75) is 32.2 Å². The summed E-state index contributed by atoms with van der Waals surface area (Å²) in [7, 11) is 0. The van der Waals surface area contributed by atoms with Gasteiger partial charge in [-0.3, -0.25) is 0 Å². The van der Waals surface area contributed by atoms with Gasteiger partial charge in [-0.1, -0.05) is 17.8 Å². The van der Waals surface area contributed by atoms with Crippen LogP contribution in [-0.2, 0) is 12.8 Å². The molecule has 0 saturated heterocycles. The Morgan fingerprint density at radius 2 is 2.29 bits per heavy atom. The Balaban J connectivity index is 2.08. The molecule has 0 saturated carbocycles. The van der Waals surface area contributed by atoms with Gasteiger partial charge < -0.3 is 5.73 Å². The monoisotopic (exact) mass is 331 g/mol. The maximum Gasteiger partial charge on any atom is 0.0803 e. The minimum atomic E-state index is 0.0158. The average Bonchev–Trinajstić information content (AvgIpc) is 2.88. The lowest BCUT2D eigenvalue weighted by Crippen LogP contribution is -2.13. The molecule has 92 valence electrons. The first-order valence-corrected chi connectivity index (χ1v) is 7.90. The van der Waals surface area contributed by atoms with Crippen molar-refractivity contribution >= 4 is 38.8 Å². The Morgan fingerprint density at radius 1 is 1.47 bits per heavy atom. The standard InChI is InChI=1S/C11H14BrN3S2/c1-2-3-9-11(17-15-14-9)8(13)6-7-4-5-10(12)16-7/h4-5,8H,2-3,6,13H2,1H3. The molecule has 1 unspecified atom stereocenters. The molecule has 2 heterocycles. The third-order valence-corrected chi connectivity index (χ3v) is 5.00. The van der Waals surface area contributed by atoms with Crippen molar-refractivity contribution in [2.75, 3.05) is 0 Å². The quantitative estimate of drug-likeness (QED) is 0.911. The van der Waals surface area contributed by atoms with Crippen molar-refractivity contribution < 1.29 is 0 Å². The molecular weight excluding hydrogens is 318 g/mol. The van der Waals surface area contributed by atoms with Gasteiger partial charge in [-0.25, -0.2) is 0 Å². The molecule has 0 spiro atoms. The second-order valence-corrected chi connectivity index (χ2v) is 7.18. The summed E-state index contributed by atoms with van der Waals surface area (Å²) in [6.07, 6.45) is 2.90. The summed E-state index contributed by atoms with van der Waals surface area (Å²) in [5, 5.41) is 4.16. The molecule has 0 fully saturated rings. The molecule has 2 aromatic heterocycles. The Morgan fingerprint density at radius 3 is 2.94 bits per heavy atom. The topological polar surface area (TPSA) is 51.8 Å². The van der Waals surface area contributed by atoms with Crippen LogP contribution < -0.4 is 5.73 Å². The zero-order valence-electron chi connectivity index (χ0n) is 9.52. The van der Waals surface area contributed by atoms with Gasteiger partial charge in [0.15, 0.2) is 0 Å². The fraction of sp³-hybridized carbons (Fsp3) is 0.455. The van der Waals surface area contributed by atoms with Gasteiger partial charge in [0.1, 0.15) is 0 Å². The van der Waals surface area contributed by atoms with E-state index in [1.165, 1.54) is 16.4 Å². The van der Waals surface area contributed by atoms with E-state index >= 15 is 0 Å². The van der Waals surface area contributed by atoms with Gasteiger partial charge >= 0.3 is 0 Å². The molecule has 0 bridgehead atoms. The highest BCUT2D eigenvalue weighted by Crippen LogP contribution is 2.28. The van der Waals surface area contributed by atoms with Crippen LogP contribution in [-0.4, -0.2) is 9.59 Å². The second-order valence-electron chi connectivity index (χ2n) is 3.85. The van der Waals surface area contributed by atoms with Gasteiger partial charge in [0.2, 0.25) is 0 Å². The molecule has 6 heteroatoms.